The van der Waals surface area contributed by atoms with Gasteiger partial charge in [-0.1, -0.05) is 26.7 Å². The molecule has 1 aromatic heterocycles. The Labute approximate surface area is 84.1 Å². The smallest absolute Gasteiger partial charge is 0.225 e. The average molecular weight is 202 g/mol. The van der Waals surface area contributed by atoms with Crippen LogP contribution in [0.3, 0.4) is 0 Å². The van der Waals surface area contributed by atoms with Gasteiger partial charge in [0.25, 0.3) is 0 Å². The highest BCUT2D eigenvalue weighted by atomic mass is 35.5. The highest BCUT2D eigenvalue weighted by molar-refractivity contribution is 6.28. The Morgan fingerprint density at radius 3 is 2.31 bits per heavy atom. The van der Waals surface area contributed by atoms with Crippen LogP contribution in [-0.2, 0) is 6.54 Å². The van der Waals surface area contributed by atoms with Gasteiger partial charge in [0.15, 0.2) is 0 Å². The van der Waals surface area contributed by atoms with Crippen LogP contribution in [0.5, 0.6) is 0 Å². The molecule has 74 valence electrons. The summed E-state index contributed by atoms with van der Waals surface area (Å²) < 4.78 is 1.97. The van der Waals surface area contributed by atoms with Gasteiger partial charge in [-0.05, 0) is 24.4 Å². The van der Waals surface area contributed by atoms with Gasteiger partial charge in [0, 0.05) is 6.54 Å². The Morgan fingerprint density at radius 2 is 1.92 bits per heavy atom. The molecule has 0 radical (unpaired) electrons. The zero-order valence-corrected chi connectivity index (χ0v) is 9.17. The molecule has 1 aromatic rings. The van der Waals surface area contributed by atoms with E-state index in [9.17, 15) is 0 Å². The predicted octanol–water partition coefficient (Wildman–Crippen LogP) is 2.68. The summed E-state index contributed by atoms with van der Waals surface area (Å²) in [4.78, 5) is 0. The fourth-order valence-corrected chi connectivity index (χ4v) is 1.60. The predicted molar refractivity (Wildman–Crippen MR) is 53.8 cm³/mol. The maximum absolute atomic E-state index is 5.89. The molecule has 0 saturated carbocycles. The summed E-state index contributed by atoms with van der Waals surface area (Å²) >= 11 is 5.89. The molecule has 13 heavy (non-hydrogen) atoms. The molecule has 0 aliphatic rings. The van der Waals surface area contributed by atoms with Crippen LogP contribution in [0.25, 0.3) is 0 Å². The average Bonchev–Trinajstić information content (AvgIpc) is 2.44. The zero-order chi connectivity index (χ0) is 9.84. The Bertz CT molecular complexity index is 246. The number of halogens is 1. The van der Waals surface area contributed by atoms with Crippen LogP contribution >= 0.6 is 11.6 Å². The first-order valence-electron chi connectivity index (χ1n) is 4.74. The molecule has 0 bridgehead atoms. The molecule has 1 heterocycles. The molecular formula is C9H16ClN3. The SMILES string of the molecule is CCC(CC)Cn1c(C)nnc1Cl. The van der Waals surface area contributed by atoms with Gasteiger partial charge in [-0.3, -0.25) is 0 Å². The lowest BCUT2D eigenvalue weighted by Gasteiger charge is -2.13. The van der Waals surface area contributed by atoms with Crippen molar-refractivity contribution in [1.29, 1.82) is 0 Å². The number of nitrogens with zero attached hydrogens (tertiary/aromatic N) is 3. The first kappa shape index (κ1) is 10.5. The quantitative estimate of drug-likeness (QED) is 0.750. The molecule has 0 aliphatic carbocycles. The third-order valence-corrected chi connectivity index (χ3v) is 2.77. The van der Waals surface area contributed by atoms with E-state index in [-0.39, 0.29) is 0 Å². The molecule has 0 aliphatic heterocycles. The van der Waals surface area contributed by atoms with Gasteiger partial charge in [0.2, 0.25) is 5.28 Å². The molecule has 0 atom stereocenters. The second-order valence-corrected chi connectivity index (χ2v) is 3.65. The third kappa shape index (κ3) is 2.44. The summed E-state index contributed by atoms with van der Waals surface area (Å²) in [5.74, 6) is 1.57. The summed E-state index contributed by atoms with van der Waals surface area (Å²) in [6.45, 7) is 7.26. The second kappa shape index (κ2) is 4.61. The van der Waals surface area contributed by atoms with Crippen molar-refractivity contribution in [3.05, 3.63) is 11.1 Å². The molecule has 0 unspecified atom stereocenters. The van der Waals surface area contributed by atoms with Crippen molar-refractivity contribution >= 4 is 11.6 Å². The number of aryl methyl sites for hydroxylation is 1. The van der Waals surface area contributed by atoms with Crippen molar-refractivity contribution in [2.75, 3.05) is 0 Å². The minimum atomic E-state index is 0.504. The Balaban J connectivity index is 2.72. The van der Waals surface area contributed by atoms with Crippen molar-refractivity contribution in [2.24, 2.45) is 5.92 Å². The Kier molecular flexibility index (Phi) is 3.72. The lowest BCUT2D eigenvalue weighted by molar-refractivity contribution is 0.413. The van der Waals surface area contributed by atoms with Gasteiger partial charge in [-0.25, -0.2) is 0 Å². The molecule has 0 N–H and O–H groups in total. The first-order valence-corrected chi connectivity index (χ1v) is 5.12. The summed E-state index contributed by atoms with van der Waals surface area (Å²) in [7, 11) is 0. The minimum absolute atomic E-state index is 0.504. The van der Waals surface area contributed by atoms with Gasteiger partial charge in [-0.2, -0.15) is 0 Å². The lowest BCUT2D eigenvalue weighted by Crippen LogP contribution is -2.10. The number of aromatic nitrogens is 3. The van der Waals surface area contributed by atoms with Gasteiger partial charge in [0.1, 0.15) is 5.82 Å². The largest absolute Gasteiger partial charge is 0.302 e. The van der Waals surface area contributed by atoms with E-state index in [0.29, 0.717) is 11.2 Å². The molecule has 0 spiro atoms. The molecule has 1 rings (SSSR count). The number of hydrogen-bond acceptors (Lipinski definition) is 2. The summed E-state index contributed by atoms with van der Waals surface area (Å²) in [6.07, 6.45) is 2.34. The van der Waals surface area contributed by atoms with Crippen LogP contribution in [0.4, 0.5) is 0 Å². The monoisotopic (exact) mass is 201 g/mol. The minimum Gasteiger partial charge on any atom is -0.302 e. The van der Waals surface area contributed by atoms with E-state index in [2.05, 4.69) is 24.0 Å². The molecule has 0 fully saturated rings. The molecule has 0 amide bonds. The van der Waals surface area contributed by atoms with E-state index in [1.165, 1.54) is 12.8 Å². The van der Waals surface area contributed by atoms with Gasteiger partial charge >= 0.3 is 0 Å². The lowest BCUT2D eigenvalue weighted by atomic mass is 10.0. The molecule has 3 nitrogen and oxygen atoms in total. The van der Waals surface area contributed by atoms with E-state index in [0.717, 1.165) is 12.4 Å². The Hall–Kier alpha value is -0.570. The van der Waals surface area contributed by atoms with Crippen molar-refractivity contribution in [3.63, 3.8) is 0 Å². The van der Waals surface area contributed by atoms with Gasteiger partial charge < -0.3 is 4.57 Å². The molecule has 0 saturated heterocycles. The fraction of sp³-hybridized carbons (Fsp3) is 0.778. The first-order chi connectivity index (χ1) is 6.19. The molecular weight excluding hydrogens is 186 g/mol. The van der Waals surface area contributed by atoms with Crippen LogP contribution in [0, 0.1) is 12.8 Å². The van der Waals surface area contributed by atoms with Crippen LogP contribution in [0.1, 0.15) is 32.5 Å². The second-order valence-electron chi connectivity index (χ2n) is 3.31. The van der Waals surface area contributed by atoms with Crippen molar-refractivity contribution in [1.82, 2.24) is 14.8 Å². The third-order valence-electron chi connectivity index (χ3n) is 2.49. The van der Waals surface area contributed by atoms with Gasteiger partial charge in [0.05, 0.1) is 0 Å². The van der Waals surface area contributed by atoms with E-state index >= 15 is 0 Å². The Morgan fingerprint density at radius 1 is 1.31 bits per heavy atom. The summed E-state index contributed by atoms with van der Waals surface area (Å²) in [6, 6.07) is 0. The van der Waals surface area contributed by atoms with Crippen molar-refractivity contribution in [2.45, 2.75) is 40.2 Å². The van der Waals surface area contributed by atoms with Crippen LogP contribution in [0.15, 0.2) is 0 Å². The van der Waals surface area contributed by atoms with Crippen LogP contribution in [0.2, 0.25) is 5.28 Å². The summed E-state index contributed by atoms with van der Waals surface area (Å²) in [5, 5.41) is 8.24. The van der Waals surface area contributed by atoms with E-state index in [1.807, 2.05) is 11.5 Å². The molecule has 4 heteroatoms. The zero-order valence-electron chi connectivity index (χ0n) is 8.42. The topological polar surface area (TPSA) is 30.7 Å². The van der Waals surface area contributed by atoms with Crippen LogP contribution < -0.4 is 0 Å². The van der Waals surface area contributed by atoms with Gasteiger partial charge in [-0.15, -0.1) is 10.2 Å². The standard InChI is InChI=1S/C9H16ClN3/c1-4-8(5-2)6-13-7(3)11-12-9(13)10/h8H,4-6H2,1-3H3. The molecule has 0 aromatic carbocycles. The van der Waals surface area contributed by atoms with Crippen molar-refractivity contribution < 1.29 is 0 Å². The maximum Gasteiger partial charge on any atom is 0.225 e. The highest BCUT2D eigenvalue weighted by Gasteiger charge is 2.10. The maximum atomic E-state index is 5.89. The van der Waals surface area contributed by atoms with E-state index in [1.54, 1.807) is 0 Å². The fourth-order valence-electron chi connectivity index (χ4n) is 1.37. The summed E-state index contributed by atoms with van der Waals surface area (Å²) in [5.41, 5.74) is 0. The van der Waals surface area contributed by atoms with Crippen LogP contribution in [-0.4, -0.2) is 14.8 Å². The number of hydrogen-bond donors (Lipinski definition) is 0. The van der Waals surface area contributed by atoms with Crippen molar-refractivity contribution in [3.8, 4) is 0 Å². The normalized spacial score (nSPS) is 11.2. The number of rotatable bonds is 4. The van der Waals surface area contributed by atoms with E-state index in [4.69, 9.17) is 11.6 Å². The highest BCUT2D eigenvalue weighted by Crippen LogP contribution is 2.15. The van der Waals surface area contributed by atoms with E-state index < -0.39 is 0 Å².